The van der Waals surface area contributed by atoms with Gasteiger partial charge in [-0.1, -0.05) is 0 Å². The van der Waals surface area contributed by atoms with Crippen LogP contribution < -0.4 is 0 Å². The van der Waals surface area contributed by atoms with Crippen LogP contribution in [-0.4, -0.2) is 26.0 Å². The Kier molecular flexibility index (Phi) is 4.26. The molecule has 0 aromatic carbocycles. The number of thiazole rings is 1. The number of hydrogen-bond acceptors (Lipinski definition) is 4. The summed E-state index contributed by atoms with van der Waals surface area (Å²) in [6, 6.07) is 0. The van der Waals surface area contributed by atoms with Crippen LogP contribution in [0.3, 0.4) is 0 Å². The van der Waals surface area contributed by atoms with Gasteiger partial charge < -0.3 is 5.11 Å². The molecule has 0 saturated heterocycles. The molecule has 0 aliphatic rings. The van der Waals surface area contributed by atoms with E-state index < -0.39 is 40.1 Å². The van der Waals surface area contributed by atoms with Gasteiger partial charge in [-0.3, -0.25) is 9.00 Å². The van der Waals surface area contributed by atoms with Crippen LogP contribution in [0.15, 0.2) is 0 Å². The van der Waals surface area contributed by atoms with Crippen molar-refractivity contribution in [2.75, 3.05) is 5.75 Å². The minimum absolute atomic E-state index is 0.186. The molecule has 1 heterocycles. The number of carboxylic acids is 1. The number of aryl methyl sites for hydroxylation is 1. The summed E-state index contributed by atoms with van der Waals surface area (Å²) in [5.74, 6) is -2.42. The number of aliphatic carboxylic acids is 1. The van der Waals surface area contributed by atoms with E-state index in [1.807, 2.05) is 0 Å². The molecule has 1 aromatic heterocycles. The highest BCUT2D eigenvalue weighted by Crippen LogP contribution is 2.34. The SMILES string of the molecule is Cc1nc(C(F)(F)F)c(CS(=O)CC(=O)O)s1. The van der Waals surface area contributed by atoms with Crippen LogP contribution in [0.5, 0.6) is 0 Å². The lowest BCUT2D eigenvalue weighted by atomic mass is 10.4. The first-order valence-electron chi connectivity index (χ1n) is 4.30. The summed E-state index contributed by atoms with van der Waals surface area (Å²) in [4.78, 5) is 13.4. The van der Waals surface area contributed by atoms with Gasteiger partial charge in [0, 0.05) is 15.7 Å². The third-order valence-electron chi connectivity index (χ3n) is 1.65. The van der Waals surface area contributed by atoms with Crippen molar-refractivity contribution < 1.29 is 27.3 Å². The predicted octanol–water partition coefficient (Wildman–Crippen LogP) is 1.80. The Labute approximate surface area is 101 Å². The van der Waals surface area contributed by atoms with E-state index in [0.29, 0.717) is 0 Å². The number of nitrogens with zero attached hydrogens (tertiary/aromatic N) is 1. The zero-order valence-electron chi connectivity index (χ0n) is 8.58. The highest BCUT2D eigenvalue weighted by Gasteiger charge is 2.37. The Morgan fingerprint density at radius 3 is 2.59 bits per heavy atom. The lowest BCUT2D eigenvalue weighted by molar-refractivity contribution is -0.141. The lowest BCUT2D eigenvalue weighted by Gasteiger charge is -2.05. The molecule has 4 nitrogen and oxygen atoms in total. The lowest BCUT2D eigenvalue weighted by Crippen LogP contribution is -2.13. The molecular formula is C8H8F3NO3S2. The Bertz CT molecular complexity index is 455. The van der Waals surface area contributed by atoms with Gasteiger partial charge in [0.1, 0.15) is 5.75 Å². The van der Waals surface area contributed by atoms with E-state index in [-0.39, 0.29) is 9.88 Å². The second-order valence-electron chi connectivity index (χ2n) is 3.12. The molecule has 0 aliphatic heterocycles. The minimum Gasteiger partial charge on any atom is -0.481 e. The quantitative estimate of drug-likeness (QED) is 0.917. The van der Waals surface area contributed by atoms with Crippen molar-refractivity contribution in [2.24, 2.45) is 0 Å². The average molecular weight is 287 g/mol. The van der Waals surface area contributed by atoms with Crippen molar-refractivity contribution in [3.63, 3.8) is 0 Å². The molecule has 0 spiro atoms. The third kappa shape index (κ3) is 4.08. The van der Waals surface area contributed by atoms with E-state index in [9.17, 15) is 22.2 Å². The monoisotopic (exact) mass is 287 g/mol. The molecule has 1 aromatic rings. The van der Waals surface area contributed by atoms with Gasteiger partial charge in [-0.25, -0.2) is 4.98 Å². The van der Waals surface area contributed by atoms with Crippen molar-refractivity contribution in [3.8, 4) is 0 Å². The Morgan fingerprint density at radius 1 is 1.53 bits per heavy atom. The van der Waals surface area contributed by atoms with Crippen LogP contribution in [-0.2, 0) is 27.5 Å². The van der Waals surface area contributed by atoms with Crippen molar-refractivity contribution in [1.29, 1.82) is 0 Å². The maximum Gasteiger partial charge on any atom is 0.434 e. The normalized spacial score (nSPS) is 13.6. The topological polar surface area (TPSA) is 67.3 Å². The van der Waals surface area contributed by atoms with E-state index in [1.165, 1.54) is 6.92 Å². The van der Waals surface area contributed by atoms with Crippen molar-refractivity contribution in [2.45, 2.75) is 18.9 Å². The number of alkyl halides is 3. The Balaban J connectivity index is 2.91. The van der Waals surface area contributed by atoms with Gasteiger partial charge in [0.05, 0.1) is 10.8 Å². The standard InChI is InChI=1S/C8H8F3NO3S2/c1-4-12-7(8(9,10)11)5(16-4)2-17(15)3-6(13)14/h2-3H2,1H3,(H,13,14). The number of hydrogen-bond donors (Lipinski definition) is 1. The van der Waals surface area contributed by atoms with E-state index in [0.717, 1.165) is 11.3 Å². The average Bonchev–Trinajstić information content (AvgIpc) is 2.43. The first-order chi connectivity index (χ1) is 7.70. The number of aromatic nitrogens is 1. The molecule has 0 fully saturated rings. The predicted molar refractivity (Wildman–Crippen MR) is 56.2 cm³/mol. The molecule has 0 aliphatic carbocycles. The van der Waals surface area contributed by atoms with Gasteiger partial charge >= 0.3 is 12.1 Å². The molecule has 1 rings (SSSR count). The van der Waals surface area contributed by atoms with E-state index in [1.54, 1.807) is 0 Å². The molecule has 9 heteroatoms. The van der Waals surface area contributed by atoms with Gasteiger partial charge in [0.15, 0.2) is 5.69 Å². The van der Waals surface area contributed by atoms with Gasteiger partial charge in [-0.15, -0.1) is 11.3 Å². The molecule has 1 unspecified atom stereocenters. The Hall–Kier alpha value is -0.960. The van der Waals surface area contributed by atoms with E-state index >= 15 is 0 Å². The number of carbonyl (C=O) groups is 1. The highest BCUT2D eigenvalue weighted by atomic mass is 32.2. The van der Waals surface area contributed by atoms with Gasteiger partial charge in [0.2, 0.25) is 0 Å². The molecule has 96 valence electrons. The zero-order chi connectivity index (χ0) is 13.2. The van der Waals surface area contributed by atoms with Crippen LogP contribution in [0.25, 0.3) is 0 Å². The molecule has 0 saturated carbocycles. The fraction of sp³-hybridized carbons (Fsp3) is 0.500. The van der Waals surface area contributed by atoms with Crippen LogP contribution in [0.2, 0.25) is 0 Å². The number of rotatable bonds is 4. The van der Waals surface area contributed by atoms with Crippen molar-refractivity contribution >= 4 is 28.1 Å². The summed E-state index contributed by atoms with van der Waals surface area (Å²) in [5.41, 5.74) is -1.07. The highest BCUT2D eigenvalue weighted by molar-refractivity contribution is 7.85. The Morgan fingerprint density at radius 2 is 2.12 bits per heavy atom. The molecule has 1 N–H and O–H groups in total. The van der Waals surface area contributed by atoms with E-state index in [4.69, 9.17) is 5.11 Å². The van der Waals surface area contributed by atoms with Crippen LogP contribution >= 0.6 is 11.3 Å². The van der Waals surface area contributed by atoms with Crippen LogP contribution in [0.4, 0.5) is 13.2 Å². The van der Waals surface area contributed by atoms with Crippen LogP contribution in [0.1, 0.15) is 15.6 Å². The minimum atomic E-state index is -4.60. The van der Waals surface area contributed by atoms with Gasteiger partial charge in [-0.2, -0.15) is 13.2 Å². The first-order valence-corrected chi connectivity index (χ1v) is 6.61. The largest absolute Gasteiger partial charge is 0.481 e. The summed E-state index contributed by atoms with van der Waals surface area (Å²) in [7, 11) is -1.86. The molecule has 0 amide bonds. The van der Waals surface area contributed by atoms with Crippen molar-refractivity contribution in [1.82, 2.24) is 4.98 Å². The smallest absolute Gasteiger partial charge is 0.434 e. The fourth-order valence-electron chi connectivity index (χ4n) is 1.12. The van der Waals surface area contributed by atoms with Gasteiger partial charge in [-0.05, 0) is 6.92 Å². The van der Waals surface area contributed by atoms with Gasteiger partial charge in [0.25, 0.3) is 0 Å². The zero-order valence-corrected chi connectivity index (χ0v) is 10.2. The maximum atomic E-state index is 12.5. The van der Waals surface area contributed by atoms with Crippen LogP contribution in [0, 0.1) is 6.92 Å². The number of carboxylic acid groups (broad SMARTS) is 1. The molecule has 0 radical (unpaired) electrons. The molecule has 17 heavy (non-hydrogen) atoms. The summed E-state index contributed by atoms with van der Waals surface area (Å²) < 4.78 is 48.8. The third-order valence-corrected chi connectivity index (χ3v) is 3.98. The van der Waals surface area contributed by atoms with E-state index in [2.05, 4.69) is 4.98 Å². The number of halogens is 3. The fourth-order valence-corrected chi connectivity index (χ4v) is 3.31. The van der Waals surface area contributed by atoms with Crippen molar-refractivity contribution in [3.05, 3.63) is 15.6 Å². The molecule has 0 bridgehead atoms. The summed E-state index contributed by atoms with van der Waals surface area (Å²) >= 11 is 0.780. The maximum absolute atomic E-state index is 12.5. The summed E-state index contributed by atoms with van der Waals surface area (Å²) in [6.07, 6.45) is -4.60. The second-order valence-corrected chi connectivity index (χ2v) is 5.87. The first kappa shape index (κ1) is 14.1. The second kappa shape index (κ2) is 5.13. The molecular weight excluding hydrogens is 279 g/mol. The summed E-state index contributed by atoms with van der Waals surface area (Å²) in [5, 5.41) is 8.58. The summed E-state index contributed by atoms with van der Waals surface area (Å²) in [6.45, 7) is 1.41. The molecule has 1 atom stereocenters.